The Kier molecular flexibility index (Phi) is 5.31. The first-order chi connectivity index (χ1) is 12.9. The van der Waals surface area contributed by atoms with Crippen LogP contribution in [0.1, 0.15) is 37.5 Å². The lowest BCUT2D eigenvalue weighted by atomic mass is 10.1. The highest BCUT2D eigenvalue weighted by atomic mass is 16.2. The molecule has 2 amide bonds. The first-order valence-corrected chi connectivity index (χ1v) is 8.65. The number of anilines is 2. The van der Waals surface area contributed by atoms with Gasteiger partial charge in [-0.05, 0) is 67.8 Å². The standard InChI is InChI=1S/C22H21N3O2/c1-14-10-15(2)12-18(11-14)24-21(26)17-8-9-23-20(13-17)22(27)25-19-7-5-4-6-16(19)3/h4-13H,1-3H3,(H,24,26)(H,25,27). The van der Waals surface area contributed by atoms with E-state index >= 15 is 0 Å². The number of carbonyl (C=O) groups is 2. The molecule has 0 saturated heterocycles. The SMILES string of the molecule is Cc1cc(C)cc(NC(=O)c2ccnc(C(=O)Nc3ccccc3C)c2)c1. The Balaban J connectivity index is 1.77. The summed E-state index contributed by atoms with van der Waals surface area (Å²) in [5, 5.41) is 5.69. The molecular weight excluding hydrogens is 338 g/mol. The van der Waals surface area contributed by atoms with Crippen LogP contribution in [0.15, 0.2) is 60.8 Å². The predicted molar refractivity (Wildman–Crippen MR) is 107 cm³/mol. The van der Waals surface area contributed by atoms with Crippen molar-refractivity contribution in [2.75, 3.05) is 10.6 Å². The monoisotopic (exact) mass is 359 g/mol. The normalized spacial score (nSPS) is 10.3. The van der Waals surface area contributed by atoms with Crippen LogP contribution in [0.25, 0.3) is 0 Å². The van der Waals surface area contributed by atoms with Gasteiger partial charge in [-0.1, -0.05) is 24.3 Å². The molecule has 1 heterocycles. The molecule has 0 aliphatic carbocycles. The number of nitrogens with zero attached hydrogens (tertiary/aromatic N) is 1. The van der Waals surface area contributed by atoms with Gasteiger partial charge in [0.2, 0.25) is 0 Å². The van der Waals surface area contributed by atoms with Crippen molar-refractivity contribution in [1.82, 2.24) is 4.98 Å². The van der Waals surface area contributed by atoms with Crippen LogP contribution in [0, 0.1) is 20.8 Å². The lowest BCUT2D eigenvalue weighted by Gasteiger charge is -2.10. The lowest BCUT2D eigenvalue weighted by molar-refractivity contribution is 0.102. The number of aromatic nitrogens is 1. The van der Waals surface area contributed by atoms with Gasteiger partial charge in [0.1, 0.15) is 5.69 Å². The quantitative estimate of drug-likeness (QED) is 0.720. The topological polar surface area (TPSA) is 71.1 Å². The minimum atomic E-state index is -0.356. The minimum Gasteiger partial charge on any atom is -0.322 e. The number of para-hydroxylation sites is 1. The van der Waals surface area contributed by atoms with E-state index in [0.29, 0.717) is 5.56 Å². The molecule has 0 aliphatic heterocycles. The molecule has 2 aromatic carbocycles. The van der Waals surface area contributed by atoms with Gasteiger partial charge in [0.15, 0.2) is 0 Å². The molecule has 0 saturated carbocycles. The van der Waals surface area contributed by atoms with Crippen molar-refractivity contribution in [3.05, 3.63) is 88.7 Å². The van der Waals surface area contributed by atoms with E-state index in [1.54, 1.807) is 6.07 Å². The first kappa shape index (κ1) is 18.3. The molecule has 0 radical (unpaired) electrons. The number of hydrogen-bond donors (Lipinski definition) is 2. The van der Waals surface area contributed by atoms with E-state index in [0.717, 1.165) is 28.1 Å². The zero-order chi connectivity index (χ0) is 19.4. The van der Waals surface area contributed by atoms with Crippen molar-refractivity contribution in [1.29, 1.82) is 0 Å². The molecule has 0 spiro atoms. The van der Waals surface area contributed by atoms with Crippen LogP contribution in [-0.2, 0) is 0 Å². The van der Waals surface area contributed by atoms with E-state index in [1.807, 2.05) is 63.2 Å². The second-order valence-corrected chi connectivity index (χ2v) is 6.53. The number of aryl methyl sites for hydroxylation is 3. The maximum atomic E-state index is 12.6. The summed E-state index contributed by atoms with van der Waals surface area (Å²) in [6.07, 6.45) is 1.46. The van der Waals surface area contributed by atoms with Crippen molar-refractivity contribution in [2.24, 2.45) is 0 Å². The second-order valence-electron chi connectivity index (χ2n) is 6.53. The summed E-state index contributed by atoms with van der Waals surface area (Å²) < 4.78 is 0. The zero-order valence-electron chi connectivity index (χ0n) is 15.5. The fourth-order valence-electron chi connectivity index (χ4n) is 2.85. The third-order valence-electron chi connectivity index (χ3n) is 4.13. The maximum absolute atomic E-state index is 12.6. The van der Waals surface area contributed by atoms with Gasteiger partial charge >= 0.3 is 0 Å². The maximum Gasteiger partial charge on any atom is 0.274 e. The van der Waals surface area contributed by atoms with Crippen molar-refractivity contribution >= 4 is 23.2 Å². The molecule has 0 unspecified atom stereocenters. The van der Waals surface area contributed by atoms with Gasteiger partial charge in [-0.2, -0.15) is 0 Å². The highest BCUT2D eigenvalue weighted by molar-refractivity contribution is 6.08. The third kappa shape index (κ3) is 4.58. The molecule has 0 atom stereocenters. The number of nitrogens with one attached hydrogen (secondary N) is 2. The van der Waals surface area contributed by atoms with Crippen LogP contribution in [0.3, 0.4) is 0 Å². The van der Waals surface area contributed by atoms with Gasteiger partial charge in [0.05, 0.1) is 0 Å². The highest BCUT2D eigenvalue weighted by Gasteiger charge is 2.13. The smallest absolute Gasteiger partial charge is 0.274 e. The Morgan fingerprint density at radius 1 is 0.815 bits per heavy atom. The predicted octanol–water partition coefficient (Wildman–Crippen LogP) is 4.51. The van der Waals surface area contributed by atoms with Gasteiger partial charge in [0, 0.05) is 23.1 Å². The van der Waals surface area contributed by atoms with E-state index in [4.69, 9.17) is 0 Å². The van der Waals surface area contributed by atoms with Gasteiger partial charge in [0.25, 0.3) is 11.8 Å². The molecular formula is C22H21N3O2. The summed E-state index contributed by atoms with van der Waals surface area (Å²) >= 11 is 0. The number of benzene rings is 2. The Hall–Kier alpha value is -3.47. The number of carbonyl (C=O) groups excluding carboxylic acids is 2. The Labute approximate surface area is 158 Å². The molecule has 0 aliphatic rings. The second kappa shape index (κ2) is 7.83. The fraction of sp³-hybridized carbons (Fsp3) is 0.136. The molecule has 0 fully saturated rings. The Bertz CT molecular complexity index is 992. The minimum absolute atomic E-state index is 0.186. The van der Waals surface area contributed by atoms with Crippen LogP contribution in [-0.4, -0.2) is 16.8 Å². The lowest BCUT2D eigenvalue weighted by Crippen LogP contribution is -2.17. The number of rotatable bonds is 4. The average Bonchev–Trinajstić information content (AvgIpc) is 2.63. The van der Waals surface area contributed by atoms with E-state index in [2.05, 4.69) is 15.6 Å². The van der Waals surface area contributed by atoms with Crippen LogP contribution < -0.4 is 10.6 Å². The van der Waals surface area contributed by atoms with Gasteiger partial charge in [-0.3, -0.25) is 14.6 Å². The largest absolute Gasteiger partial charge is 0.322 e. The van der Waals surface area contributed by atoms with Crippen molar-refractivity contribution in [3.8, 4) is 0 Å². The molecule has 3 rings (SSSR count). The van der Waals surface area contributed by atoms with Crippen molar-refractivity contribution < 1.29 is 9.59 Å². The van der Waals surface area contributed by atoms with E-state index < -0.39 is 0 Å². The van der Waals surface area contributed by atoms with Crippen molar-refractivity contribution in [2.45, 2.75) is 20.8 Å². The Morgan fingerprint density at radius 3 is 2.22 bits per heavy atom. The van der Waals surface area contributed by atoms with E-state index in [1.165, 1.54) is 12.3 Å². The average molecular weight is 359 g/mol. The summed E-state index contributed by atoms with van der Waals surface area (Å²) in [6, 6.07) is 16.4. The fourth-order valence-corrected chi connectivity index (χ4v) is 2.85. The van der Waals surface area contributed by atoms with Crippen LogP contribution in [0.4, 0.5) is 11.4 Å². The Morgan fingerprint density at radius 2 is 1.52 bits per heavy atom. The van der Waals surface area contributed by atoms with Crippen LogP contribution in [0.5, 0.6) is 0 Å². The molecule has 136 valence electrons. The molecule has 0 bridgehead atoms. The number of hydrogen-bond acceptors (Lipinski definition) is 3. The van der Waals surface area contributed by atoms with Gasteiger partial charge < -0.3 is 10.6 Å². The third-order valence-corrected chi connectivity index (χ3v) is 4.13. The van der Waals surface area contributed by atoms with Gasteiger partial charge in [-0.15, -0.1) is 0 Å². The summed E-state index contributed by atoms with van der Waals surface area (Å²) in [5.41, 5.74) is 5.09. The van der Waals surface area contributed by atoms with Crippen molar-refractivity contribution in [3.63, 3.8) is 0 Å². The molecule has 3 aromatic rings. The zero-order valence-corrected chi connectivity index (χ0v) is 15.5. The number of amides is 2. The van der Waals surface area contributed by atoms with E-state index in [9.17, 15) is 9.59 Å². The summed E-state index contributed by atoms with van der Waals surface area (Å²) in [5.74, 6) is -0.641. The first-order valence-electron chi connectivity index (χ1n) is 8.65. The van der Waals surface area contributed by atoms with Gasteiger partial charge in [-0.25, -0.2) is 0 Å². The van der Waals surface area contributed by atoms with Crippen LogP contribution in [0.2, 0.25) is 0 Å². The molecule has 5 nitrogen and oxygen atoms in total. The highest BCUT2D eigenvalue weighted by Crippen LogP contribution is 2.17. The molecule has 5 heteroatoms. The molecule has 27 heavy (non-hydrogen) atoms. The number of pyridine rings is 1. The summed E-state index contributed by atoms with van der Waals surface area (Å²) in [7, 11) is 0. The summed E-state index contributed by atoms with van der Waals surface area (Å²) in [4.78, 5) is 29.1. The summed E-state index contributed by atoms with van der Waals surface area (Å²) in [6.45, 7) is 5.86. The molecule has 2 N–H and O–H groups in total. The van der Waals surface area contributed by atoms with E-state index in [-0.39, 0.29) is 17.5 Å². The molecule has 1 aromatic heterocycles. The van der Waals surface area contributed by atoms with Crippen LogP contribution >= 0.6 is 0 Å².